The first-order valence-corrected chi connectivity index (χ1v) is 6.23. The number of carboxylic acid groups (broad SMARTS) is 1. The standard InChI is InChI=1S/C14H21NO4/c1-15(7-9-18-2)8-10-19-13-5-3-12(4-6-13)11-14(16)17/h3-6H,7-11H2,1-2H3,(H,16,17). The molecule has 0 aromatic heterocycles. The van der Waals surface area contributed by atoms with Gasteiger partial charge in [0, 0.05) is 20.2 Å². The Hall–Kier alpha value is -1.59. The van der Waals surface area contributed by atoms with Crippen LogP contribution in [0.2, 0.25) is 0 Å². The number of carbonyl (C=O) groups is 1. The van der Waals surface area contributed by atoms with Crippen molar-refractivity contribution in [2.75, 3.05) is 40.5 Å². The van der Waals surface area contributed by atoms with E-state index in [1.165, 1.54) is 0 Å². The van der Waals surface area contributed by atoms with Gasteiger partial charge in [0.25, 0.3) is 0 Å². The second-order valence-corrected chi connectivity index (χ2v) is 4.36. The summed E-state index contributed by atoms with van der Waals surface area (Å²) in [6, 6.07) is 7.15. The number of likely N-dealkylation sites (N-methyl/N-ethyl adjacent to an activating group) is 1. The fourth-order valence-electron chi connectivity index (χ4n) is 1.56. The zero-order valence-corrected chi connectivity index (χ0v) is 11.5. The van der Waals surface area contributed by atoms with E-state index >= 15 is 0 Å². The molecule has 1 aromatic carbocycles. The van der Waals surface area contributed by atoms with E-state index in [0.29, 0.717) is 13.2 Å². The zero-order valence-electron chi connectivity index (χ0n) is 11.5. The second kappa shape index (κ2) is 8.50. The molecule has 19 heavy (non-hydrogen) atoms. The Morgan fingerprint density at radius 1 is 1.21 bits per heavy atom. The number of nitrogens with zero attached hydrogens (tertiary/aromatic N) is 1. The van der Waals surface area contributed by atoms with Crippen molar-refractivity contribution in [2.24, 2.45) is 0 Å². The predicted octanol–water partition coefficient (Wildman–Crippen LogP) is 1.27. The van der Waals surface area contributed by atoms with E-state index in [0.717, 1.165) is 24.4 Å². The van der Waals surface area contributed by atoms with Crippen LogP contribution >= 0.6 is 0 Å². The molecule has 0 aliphatic rings. The molecule has 0 aliphatic heterocycles. The highest BCUT2D eigenvalue weighted by molar-refractivity contribution is 5.70. The summed E-state index contributed by atoms with van der Waals surface area (Å²) >= 11 is 0. The monoisotopic (exact) mass is 267 g/mol. The Bertz CT molecular complexity index is 378. The molecule has 0 bridgehead atoms. The topological polar surface area (TPSA) is 59.0 Å². The van der Waals surface area contributed by atoms with Crippen molar-refractivity contribution in [1.29, 1.82) is 0 Å². The first kappa shape index (κ1) is 15.5. The Morgan fingerprint density at radius 2 is 1.84 bits per heavy atom. The zero-order chi connectivity index (χ0) is 14.1. The van der Waals surface area contributed by atoms with Gasteiger partial charge in [-0.2, -0.15) is 0 Å². The van der Waals surface area contributed by atoms with Crippen LogP contribution in [0.3, 0.4) is 0 Å². The molecule has 0 radical (unpaired) electrons. The average molecular weight is 267 g/mol. The Morgan fingerprint density at radius 3 is 2.42 bits per heavy atom. The number of aliphatic carboxylic acids is 1. The fraction of sp³-hybridized carbons (Fsp3) is 0.500. The minimum Gasteiger partial charge on any atom is -0.492 e. The third-order valence-corrected chi connectivity index (χ3v) is 2.70. The van der Waals surface area contributed by atoms with Gasteiger partial charge in [-0.05, 0) is 24.7 Å². The van der Waals surface area contributed by atoms with E-state index < -0.39 is 5.97 Å². The summed E-state index contributed by atoms with van der Waals surface area (Å²) in [6.45, 7) is 3.00. The maximum atomic E-state index is 10.5. The normalized spacial score (nSPS) is 10.7. The highest BCUT2D eigenvalue weighted by Gasteiger charge is 2.02. The lowest BCUT2D eigenvalue weighted by Gasteiger charge is -2.16. The lowest BCUT2D eigenvalue weighted by Crippen LogP contribution is -2.27. The van der Waals surface area contributed by atoms with Gasteiger partial charge < -0.3 is 19.5 Å². The molecule has 0 saturated heterocycles. The second-order valence-electron chi connectivity index (χ2n) is 4.36. The third kappa shape index (κ3) is 6.79. The van der Waals surface area contributed by atoms with Gasteiger partial charge in [0.05, 0.1) is 13.0 Å². The summed E-state index contributed by atoms with van der Waals surface area (Å²) in [6.07, 6.45) is 0.0417. The quantitative estimate of drug-likeness (QED) is 0.730. The van der Waals surface area contributed by atoms with E-state index in [1.807, 2.05) is 7.05 Å². The van der Waals surface area contributed by atoms with Crippen LogP contribution in [0.4, 0.5) is 0 Å². The van der Waals surface area contributed by atoms with E-state index in [-0.39, 0.29) is 6.42 Å². The van der Waals surface area contributed by atoms with Crippen LogP contribution in [-0.4, -0.2) is 56.4 Å². The average Bonchev–Trinajstić information content (AvgIpc) is 2.38. The third-order valence-electron chi connectivity index (χ3n) is 2.70. The van der Waals surface area contributed by atoms with Crippen molar-refractivity contribution in [3.63, 3.8) is 0 Å². The molecule has 0 aliphatic carbocycles. The number of rotatable bonds is 9. The molecule has 5 heteroatoms. The number of benzene rings is 1. The van der Waals surface area contributed by atoms with Crippen molar-refractivity contribution in [3.05, 3.63) is 29.8 Å². The summed E-state index contributed by atoms with van der Waals surface area (Å²) in [5.41, 5.74) is 0.775. The molecule has 0 fully saturated rings. The van der Waals surface area contributed by atoms with E-state index in [9.17, 15) is 4.79 Å². The molecule has 1 rings (SSSR count). The van der Waals surface area contributed by atoms with Crippen LogP contribution < -0.4 is 4.74 Å². The van der Waals surface area contributed by atoms with Gasteiger partial charge in [0.15, 0.2) is 0 Å². The van der Waals surface area contributed by atoms with Crippen LogP contribution in [0.25, 0.3) is 0 Å². The first-order valence-electron chi connectivity index (χ1n) is 6.23. The predicted molar refractivity (Wildman–Crippen MR) is 72.6 cm³/mol. The number of carboxylic acids is 1. The van der Waals surface area contributed by atoms with Crippen molar-refractivity contribution < 1.29 is 19.4 Å². The van der Waals surface area contributed by atoms with Gasteiger partial charge in [-0.25, -0.2) is 0 Å². The van der Waals surface area contributed by atoms with Gasteiger partial charge in [0.1, 0.15) is 12.4 Å². The highest BCUT2D eigenvalue weighted by atomic mass is 16.5. The molecule has 0 amide bonds. The summed E-state index contributed by atoms with van der Waals surface area (Å²) < 4.78 is 10.6. The Balaban J connectivity index is 2.27. The van der Waals surface area contributed by atoms with E-state index in [1.54, 1.807) is 31.4 Å². The maximum absolute atomic E-state index is 10.5. The van der Waals surface area contributed by atoms with E-state index in [4.69, 9.17) is 14.6 Å². The lowest BCUT2D eigenvalue weighted by molar-refractivity contribution is -0.136. The molecular formula is C14H21NO4. The molecule has 1 N–H and O–H groups in total. The number of ether oxygens (including phenoxy) is 2. The molecule has 106 valence electrons. The molecule has 0 atom stereocenters. The van der Waals surface area contributed by atoms with Crippen LogP contribution in [0.1, 0.15) is 5.56 Å². The van der Waals surface area contributed by atoms with Crippen LogP contribution in [0.5, 0.6) is 5.75 Å². The highest BCUT2D eigenvalue weighted by Crippen LogP contribution is 2.12. The Kier molecular flexibility index (Phi) is 6.92. The van der Waals surface area contributed by atoms with Crippen LogP contribution in [-0.2, 0) is 16.0 Å². The smallest absolute Gasteiger partial charge is 0.307 e. The summed E-state index contributed by atoms with van der Waals surface area (Å²) in [7, 11) is 3.70. The molecule has 0 spiro atoms. The SMILES string of the molecule is COCCN(C)CCOc1ccc(CC(=O)O)cc1. The molecule has 1 aromatic rings. The molecular weight excluding hydrogens is 246 g/mol. The van der Waals surface area contributed by atoms with Crippen molar-refractivity contribution in [1.82, 2.24) is 4.90 Å². The van der Waals surface area contributed by atoms with Gasteiger partial charge >= 0.3 is 5.97 Å². The van der Waals surface area contributed by atoms with Gasteiger partial charge in [-0.3, -0.25) is 4.79 Å². The van der Waals surface area contributed by atoms with Gasteiger partial charge in [0.2, 0.25) is 0 Å². The van der Waals surface area contributed by atoms with Gasteiger partial charge in [-0.15, -0.1) is 0 Å². The summed E-state index contributed by atoms with van der Waals surface area (Å²) in [5.74, 6) is -0.0669. The fourth-order valence-corrected chi connectivity index (χ4v) is 1.56. The first-order chi connectivity index (χ1) is 9.11. The van der Waals surface area contributed by atoms with Crippen molar-refractivity contribution in [3.8, 4) is 5.75 Å². The maximum Gasteiger partial charge on any atom is 0.307 e. The molecule has 0 saturated carbocycles. The Labute approximate surface area is 113 Å². The van der Waals surface area contributed by atoms with Crippen LogP contribution in [0, 0.1) is 0 Å². The van der Waals surface area contributed by atoms with E-state index in [2.05, 4.69) is 4.90 Å². The van der Waals surface area contributed by atoms with Crippen LogP contribution in [0.15, 0.2) is 24.3 Å². The summed E-state index contributed by atoms with van der Waals surface area (Å²) in [5, 5.41) is 8.66. The number of hydrogen-bond acceptors (Lipinski definition) is 4. The minimum atomic E-state index is -0.826. The molecule has 0 unspecified atom stereocenters. The summed E-state index contributed by atoms with van der Waals surface area (Å²) in [4.78, 5) is 12.7. The lowest BCUT2D eigenvalue weighted by atomic mass is 10.1. The number of hydrogen-bond donors (Lipinski definition) is 1. The minimum absolute atomic E-state index is 0.0417. The van der Waals surface area contributed by atoms with Crippen molar-refractivity contribution in [2.45, 2.75) is 6.42 Å². The molecule has 5 nitrogen and oxygen atoms in total. The van der Waals surface area contributed by atoms with Crippen molar-refractivity contribution >= 4 is 5.97 Å². The number of methoxy groups -OCH3 is 1. The molecule has 0 heterocycles. The largest absolute Gasteiger partial charge is 0.492 e. The van der Waals surface area contributed by atoms with Gasteiger partial charge in [-0.1, -0.05) is 12.1 Å².